The molecule has 8 nitrogen and oxygen atoms in total. The number of aromatic nitrogens is 2. The second-order valence-corrected chi connectivity index (χ2v) is 7.40. The number of carbonyl (C=O) groups is 2. The van der Waals surface area contributed by atoms with Crippen LogP contribution >= 0.6 is 22.9 Å². The van der Waals surface area contributed by atoms with Gasteiger partial charge in [-0.2, -0.15) is 0 Å². The van der Waals surface area contributed by atoms with Crippen molar-refractivity contribution in [3.05, 3.63) is 39.3 Å². The Bertz CT molecular complexity index is 795. The van der Waals surface area contributed by atoms with Gasteiger partial charge in [0, 0.05) is 23.9 Å². The van der Waals surface area contributed by atoms with Gasteiger partial charge in [0.05, 0.1) is 6.10 Å². The summed E-state index contributed by atoms with van der Waals surface area (Å²) in [4.78, 5) is 23.9. The number of halogens is 1. The molecule has 27 heavy (non-hydrogen) atoms. The molecule has 2 aromatic rings. The zero-order chi connectivity index (χ0) is 19.1. The van der Waals surface area contributed by atoms with Gasteiger partial charge in [0.25, 0.3) is 5.91 Å². The van der Waals surface area contributed by atoms with E-state index in [1.807, 2.05) is 0 Å². The van der Waals surface area contributed by atoms with Gasteiger partial charge >= 0.3 is 0 Å². The average Bonchev–Trinajstić information content (AvgIpc) is 3.32. The topological polar surface area (TPSA) is 102 Å². The van der Waals surface area contributed by atoms with E-state index in [4.69, 9.17) is 21.1 Å². The first kappa shape index (κ1) is 19.7. The average molecular weight is 411 g/mol. The predicted molar refractivity (Wildman–Crippen MR) is 101 cm³/mol. The third-order valence-corrected chi connectivity index (χ3v) is 4.88. The number of amides is 2. The van der Waals surface area contributed by atoms with Gasteiger partial charge in [0.15, 0.2) is 0 Å². The highest BCUT2D eigenvalue weighted by atomic mass is 35.5. The molecule has 1 aliphatic rings. The molecule has 0 spiro atoms. The number of hydrogen-bond acceptors (Lipinski definition) is 7. The number of nitrogens with one attached hydrogen (secondary N) is 2. The molecule has 0 unspecified atom stereocenters. The number of ether oxygens (including phenoxy) is 2. The molecule has 1 aliphatic heterocycles. The van der Waals surface area contributed by atoms with Gasteiger partial charge in [-0.1, -0.05) is 29.0 Å². The number of nitrogens with zero attached hydrogens (tertiary/aromatic N) is 2. The zero-order valence-corrected chi connectivity index (χ0v) is 16.0. The highest BCUT2D eigenvalue weighted by Gasteiger charge is 2.17. The van der Waals surface area contributed by atoms with Crippen LogP contribution in [0.15, 0.2) is 24.3 Å². The minimum atomic E-state index is -0.379. The lowest BCUT2D eigenvalue weighted by molar-refractivity contribution is -0.126. The normalized spacial score (nSPS) is 16.3. The van der Waals surface area contributed by atoms with Crippen molar-refractivity contribution in [2.75, 3.05) is 25.1 Å². The maximum atomic E-state index is 12.2. The Morgan fingerprint density at radius 1 is 1.37 bits per heavy atom. The van der Waals surface area contributed by atoms with Crippen LogP contribution in [0.25, 0.3) is 0 Å². The van der Waals surface area contributed by atoms with Crippen LogP contribution in [0.1, 0.15) is 27.7 Å². The standard InChI is InChI=1S/C17H19ClN4O4S/c18-11-3-1-4-12(7-11)20-16(24)17-22-21-15(27-17)10-25-9-14(23)19-8-13-5-2-6-26-13/h1,3-4,7,13H,2,5-6,8-10H2,(H,19,23)(H,20,24)/t13-/m0/s1. The van der Waals surface area contributed by atoms with E-state index >= 15 is 0 Å². The number of rotatable bonds is 8. The summed E-state index contributed by atoms with van der Waals surface area (Å²) in [5.74, 6) is -0.593. The summed E-state index contributed by atoms with van der Waals surface area (Å²) >= 11 is 6.99. The van der Waals surface area contributed by atoms with Gasteiger partial charge in [-0.15, -0.1) is 10.2 Å². The van der Waals surface area contributed by atoms with Gasteiger partial charge in [-0.25, -0.2) is 0 Å². The van der Waals surface area contributed by atoms with Crippen LogP contribution in [0.4, 0.5) is 5.69 Å². The summed E-state index contributed by atoms with van der Waals surface area (Å²) in [5, 5.41) is 14.5. The molecule has 144 valence electrons. The van der Waals surface area contributed by atoms with E-state index in [0.717, 1.165) is 30.8 Å². The molecule has 0 aliphatic carbocycles. The molecule has 1 aromatic heterocycles. The lowest BCUT2D eigenvalue weighted by Crippen LogP contribution is -2.34. The van der Waals surface area contributed by atoms with E-state index < -0.39 is 0 Å². The first-order chi connectivity index (χ1) is 13.1. The van der Waals surface area contributed by atoms with Crippen LogP contribution in [0, 0.1) is 0 Å². The number of carbonyl (C=O) groups excluding carboxylic acids is 2. The molecule has 3 rings (SSSR count). The molecule has 2 N–H and O–H groups in total. The fourth-order valence-electron chi connectivity index (χ4n) is 2.47. The molecule has 2 heterocycles. The summed E-state index contributed by atoms with van der Waals surface area (Å²) in [5.41, 5.74) is 0.573. The molecule has 1 fully saturated rings. The van der Waals surface area contributed by atoms with Crippen LogP contribution < -0.4 is 10.6 Å². The molecule has 1 atom stereocenters. The van der Waals surface area contributed by atoms with Crippen LogP contribution in [0.3, 0.4) is 0 Å². The van der Waals surface area contributed by atoms with Crippen LogP contribution in [-0.2, 0) is 20.9 Å². The summed E-state index contributed by atoms with van der Waals surface area (Å²) in [6.45, 7) is 1.27. The molecule has 0 saturated carbocycles. The fraction of sp³-hybridized carbons (Fsp3) is 0.412. The molecule has 0 radical (unpaired) electrons. The first-order valence-corrected chi connectivity index (χ1v) is 9.65. The van der Waals surface area contributed by atoms with Gasteiger partial charge in [0.2, 0.25) is 10.9 Å². The van der Waals surface area contributed by atoms with E-state index in [0.29, 0.717) is 22.3 Å². The Kier molecular flexibility index (Phi) is 7.11. The van der Waals surface area contributed by atoms with Crippen molar-refractivity contribution in [1.29, 1.82) is 0 Å². The Hall–Kier alpha value is -2.07. The van der Waals surface area contributed by atoms with Crippen LogP contribution in [0.2, 0.25) is 5.02 Å². The number of hydrogen-bond donors (Lipinski definition) is 2. The summed E-state index contributed by atoms with van der Waals surface area (Å²) in [6.07, 6.45) is 2.09. The summed E-state index contributed by atoms with van der Waals surface area (Å²) < 4.78 is 10.8. The van der Waals surface area contributed by atoms with Crippen molar-refractivity contribution >= 4 is 40.4 Å². The van der Waals surface area contributed by atoms with E-state index in [1.54, 1.807) is 24.3 Å². The monoisotopic (exact) mass is 410 g/mol. The molecular weight excluding hydrogens is 392 g/mol. The van der Waals surface area contributed by atoms with Crippen molar-refractivity contribution in [1.82, 2.24) is 15.5 Å². The molecular formula is C17H19ClN4O4S. The predicted octanol–water partition coefficient (Wildman–Crippen LogP) is 2.26. The smallest absolute Gasteiger partial charge is 0.286 e. The Morgan fingerprint density at radius 2 is 2.26 bits per heavy atom. The van der Waals surface area contributed by atoms with Gasteiger partial charge in [0.1, 0.15) is 18.2 Å². The lowest BCUT2D eigenvalue weighted by atomic mass is 10.2. The Morgan fingerprint density at radius 3 is 3.04 bits per heavy atom. The molecule has 1 aromatic carbocycles. The van der Waals surface area contributed by atoms with Crippen LogP contribution in [-0.4, -0.2) is 47.9 Å². The molecule has 2 amide bonds. The summed E-state index contributed by atoms with van der Waals surface area (Å²) in [6, 6.07) is 6.82. The van der Waals surface area contributed by atoms with Crippen molar-refractivity contribution in [3.8, 4) is 0 Å². The zero-order valence-electron chi connectivity index (χ0n) is 14.4. The highest BCUT2D eigenvalue weighted by Crippen LogP contribution is 2.17. The Balaban J connectivity index is 1.39. The third kappa shape index (κ3) is 6.24. The van der Waals surface area contributed by atoms with E-state index in [-0.39, 0.29) is 36.1 Å². The fourth-order valence-corrected chi connectivity index (χ4v) is 3.33. The quantitative estimate of drug-likeness (QED) is 0.692. The van der Waals surface area contributed by atoms with Crippen LogP contribution in [0.5, 0.6) is 0 Å². The lowest BCUT2D eigenvalue weighted by Gasteiger charge is -2.10. The molecule has 1 saturated heterocycles. The van der Waals surface area contributed by atoms with Gasteiger partial charge in [-0.3, -0.25) is 9.59 Å². The van der Waals surface area contributed by atoms with Gasteiger partial charge < -0.3 is 20.1 Å². The van der Waals surface area contributed by atoms with Gasteiger partial charge in [-0.05, 0) is 31.0 Å². The SMILES string of the molecule is O=C(COCc1nnc(C(=O)Nc2cccc(Cl)c2)s1)NC[C@@H]1CCCO1. The molecule has 10 heteroatoms. The Labute approximate surface area is 165 Å². The van der Waals surface area contributed by atoms with Crippen molar-refractivity contribution in [2.45, 2.75) is 25.6 Å². The second kappa shape index (κ2) is 9.75. The van der Waals surface area contributed by atoms with E-state index in [9.17, 15) is 9.59 Å². The van der Waals surface area contributed by atoms with Crippen molar-refractivity contribution in [3.63, 3.8) is 0 Å². The highest BCUT2D eigenvalue weighted by molar-refractivity contribution is 7.13. The van der Waals surface area contributed by atoms with Crippen molar-refractivity contribution in [2.24, 2.45) is 0 Å². The maximum Gasteiger partial charge on any atom is 0.286 e. The van der Waals surface area contributed by atoms with E-state index in [1.165, 1.54) is 0 Å². The second-order valence-electron chi connectivity index (χ2n) is 5.90. The minimum absolute atomic E-state index is 0.0870. The first-order valence-electron chi connectivity index (χ1n) is 8.45. The maximum absolute atomic E-state index is 12.2. The van der Waals surface area contributed by atoms with Crippen molar-refractivity contribution < 1.29 is 19.1 Å². The molecule has 0 bridgehead atoms. The van der Waals surface area contributed by atoms with E-state index in [2.05, 4.69) is 20.8 Å². The summed E-state index contributed by atoms with van der Waals surface area (Å²) in [7, 11) is 0. The number of benzene rings is 1. The largest absolute Gasteiger partial charge is 0.376 e. The number of anilines is 1. The minimum Gasteiger partial charge on any atom is -0.376 e. The third-order valence-electron chi connectivity index (χ3n) is 3.75.